The topological polar surface area (TPSA) is 84.2 Å². The van der Waals surface area contributed by atoms with E-state index in [0.717, 1.165) is 22.2 Å². The third kappa shape index (κ3) is 3.11. The van der Waals surface area contributed by atoms with E-state index < -0.39 is 0 Å². The number of nitrogens with zero attached hydrogens (tertiary/aromatic N) is 3. The van der Waals surface area contributed by atoms with Crippen molar-refractivity contribution in [3.8, 4) is 6.07 Å². The zero-order valence-electron chi connectivity index (χ0n) is 12.3. The van der Waals surface area contributed by atoms with Crippen molar-refractivity contribution in [3.63, 3.8) is 0 Å². The molecule has 0 aliphatic heterocycles. The highest BCUT2D eigenvalue weighted by molar-refractivity contribution is 6.00. The number of carbonyl (C=O) groups excluding carboxylic acids is 1. The summed E-state index contributed by atoms with van der Waals surface area (Å²) >= 11 is 0. The Morgan fingerprint density at radius 2 is 1.96 bits per heavy atom. The highest BCUT2D eigenvalue weighted by Gasteiger charge is 2.08. The number of nitrogens with two attached hydrogens (primary N) is 1. The maximum Gasteiger partial charge on any atom is 0.237 e. The van der Waals surface area contributed by atoms with Gasteiger partial charge in [-0.25, -0.2) is 0 Å². The summed E-state index contributed by atoms with van der Waals surface area (Å²) in [6.45, 7) is 0.130. The lowest BCUT2D eigenvalue weighted by atomic mass is 10.2. The summed E-state index contributed by atoms with van der Waals surface area (Å²) in [5.41, 5.74) is 8.50. The summed E-state index contributed by atoms with van der Waals surface area (Å²) in [7, 11) is 0. The van der Waals surface area contributed by atoms with Crippen LogP contribution in [0.3, 0.4) is 0 Å². The second-order valence-electron chi connectivity index (χ2n) is 5.11. The normalized spacial score (nSPS) is 10.9. The molecule has 2 N–H and O–H groups in total. The van der Waals surface area contributed by atoms with Crippen LogP contribution in [0.2, 0.25) is 0 Å². The van der Waals surface area contributed by atoms with Gasteiger partial charge in [0.1, 0.15) is 6.54 Å². The molecule has 5 nitrogen and oxygen atoms in total. The van der Waals surface area contributed by atoms with E-state index in [1.165, 1.54) is 0 Å². The smallest absolute Gasteiger partial charge is 0.237 e. The molecule has 3 aromatic rings. The summed E-state index contributed by atoms with van der Waals surface area (Å²) in [5.74, 6) is -0.388. The average Bonchev–Trinajstić information content (AvgIpc) is 2.91. The van der Waals surface area contributed by atoms with Crippen LogP contribution in [0.1, 0.15) is 11.1 Å². The minimum atomic E-state index is -0.388. The van der Waals surface area contributed by atoms with Crippen molar-refractivity contribution >= 4 is 28.7 Å². The maximum absolute atomic E-state index is 11.2. The molecule has 0 unspecified atom stereocenters. The third-order valence-corrected chi connectivity index (χ3v) is 3.49. The van der Waals surface area contributed by atoms with E-state index in [2.05, 4.69) is 11.1 Å². The number of amides is 1. The molecule has 0 aliphatic carbocycles. The number of primary amides is 1. The fourth-order valence-electron chi connectivity index (χ4n) is 2.44. The molecule has 3 rings (SSSR count). The van der Waals surface area contributed by atoms with Gasteiger partial charge in [-0.3, -0.25) is 9.79 Å². The van der Waals surface area contributed by atoms with Crippen LogP contribution in [-0.2, 0) is 11.3 Å². The average molecular weight is 302 g/mol. The molecule has 1 aromatic heterocycles. The number of aromatic nitrogens is 1. The Labute approximate surface area is 133 Å². The van der Waals surface area contributed by atoms with E-state index in [9.17, 15) is 4.79 Å². The number of rotatable bonds is 4. The lowest BCUT2D eigenvalue weighted by Crippen LogP contribution is -2.17. The van der Waals surface area contributed by atoms with Gasteiger partial charge >= 0.3 is 0 Å². The summed E-state index contributed by atoms with van der Waals surface area (Å²) in [6.07, 6.45) is 3.61. The Balaban J connectivity index is 1.97. The van der Waals surface area contributed by atoms with Crippen LogP contribution in [0.15, 0.2) is 59.7 Å². The number of carbonyl (C=O) groups is 1. The molecular weight excluding hydrogens is 288 g/mol. The highest BCUT2D eigenvalue weighted by Crippen LogP contribution is 2.21. The van der Waals surface area contributed by atoms with E-state index in [4.69, 9.17) is 11.0 Å². The Bertz CT molecular complexity index is 930. The van der Waals surface area contributed by atoms with Gasteiger partial charge < -0.3 is 10.3 Å². The zero-order chi connectivity index (χ0) is 16.2. The minimum Gasteiger partial charge on any atom is -0.368 e. The second-order valence-corrected chi connectivity index (χ2v) is 5.11. The first-order chi connectivity index (χ1) is 11.2. The van der Waals surface area contributed by atoms with Crippen molar-refractivity contribution in [2.24, 2.45) is 10.7 Å². The third-order valence-electron chi connectivity index (χ3n) is 3.49. The van der Waals surface area contributed by atoms with Gasteiger partial charge in [0, 0.05) is 28.9 Å². The first-order valence-electron chi connectivity index (χ1n) is 7.08. The maximum atomic E-state index is 11.2. The molecule has 0 bridgehead atoms. The largest absolute Gasteiger partial charge is 0.368 e. The van der Waals surface area contributed by atoms with Crippen LogP contribution >= 0.6 is 0 Å². The van der Waals surface area contributed by atoms with Crippen molar-refractivity contribution in [1.82, 2.24) is 4.57 Å². The number of aliphatic imine (C=N–C) groups is 1. The van der Waals surface area contributed by atoms with Gasteiger partial charge in [0.15, 0.2) is 0 Å². The van der Waals surface area contributed by atoms with Crippen LogP contribution in [0.4, 0.5) is 5.69 Å². The Morgan fingerprint density at radius 3 is 2.65 bits per heavy atom. The summed E-state index contributed by atoms with van der Waals surface area (Å²) in [5, 5.41) is 9.81. The standard InChI is InChI=1S/C18H14N4O/c19-9-13-5-7-15(8-6-13)21-10-14-11-22(12-18(20)23)17-4-2-1-3-16(14)17/h1-8,10-11H,12H2,(H2,20,23). The van der Waals surface area contributed by atoms with Crippen LogP contribution in [-0.4, -0.2) is 16.7 Å². The molecule has 2 aromatic carbocycles. The molecule has 0 spiro atoms. The molecule has 1 heterocycles. The molecule has 0 aliphatic rings. The predicted molar refractivity (Wildman–Crippen MR) is 89.5 cm³/mol. The summed E-state index contributed by atoms with van der Waals surface area (Å²) < 4.78 is 1.82. The molecule has 0 fully saturated rings. The molecule has 1 amide bonds. The van der Waals surface area contributed by atoms with Crippen LogP contribution < -0.4 is 5.73 Å². The Kier molecular flexibility index (Phi) is 3.89. The lowest BCUT2D eigenvalue weighted by Gasteiger charge is -2.00. The molecule has 23 heavy (non-hydrogen) atoms. The number of para-hydroxylation sites is 1. The van der Waals surface area contributed by atoms with E-state index in [0.29, 0.717) is 5.56 Å². The van der Waals surface area contributed by atoms with Crippen molar-refractivity contribution in [1.29, 1.82) is 5.26 Å². The van der Waals surface area contributed by atoms with Crippen molar-refractivity contribution in [3.05, 3.63) is 65.9 Å². The monoisotopic (exact) mass is 302 g/mol. The van der Waals surface area contributed by atoms with Gasteiger partial charge in [0.2, 0.25) is 5.91 Å². The fraction of sp³-hybridized carbons (Fsp3) is 0.0556. The number of fused-ring (bicyclic) bond motifs is 1. The van der Waals surface area contributed by atoms with Gasteiger partial charge in [-0.1, -0.05) is 18.2 Å². The summed E-state index contributed by atoms with van der Waals surface area (Å²) in [4.78, 5) is 15.6. The molecule has 5 heteroatoms. The highest BCUT2D eigenvalue weighted by atomic mass is 16.1. The number of nitriles is 1. The van der Waals surface area contributed by atoms with Gasteiger partial charge in [-0.2, -0.15) is 5.26 Å². The number of hydrogen-bond acceptors (Lipinski definition) is 3. The molecule has 0 saturated heterocycles. The number of benzene rings is 2. The van der Waals surface area contributed by atoms with E-state index in [1.54, 1.807) is 30.5 Å². The van der Waals surface area contributed by atoms with E-state index >= 15 is 0 Å². The van der Waals surface area contributed by atoms with Gasteiger partial charge in [-0.05, 0) is 30.3 Å². The van der Waals surface area contributed by atoms with Crippen LogP contribution in [0.25, 0.3) is 10.9 Å². The van der Waals surface area contributed by atoms with E-state index in [-0.39, 0.29) is 12.5 Å². The molecule has 112 valence electrons. The fourth-order valence-corrected chi connectivity index (χ4v) is 2.44. The van der Waals surface area contributed by atoms with E-state index in [1.807, 2.05) is 35.0 Å². The molecule has 0 radical (unpaired) electrons. The van der Waals surface area contributed by atoms with Gasteiger partial charge in [-0.15, -0.1) is 0 Å². The minimum absolute atomic E-state index is 0.130. The SMILES string of the molecule is N#Cc1ccc(N=Cc2cn(CC(N)=O)c3ccccc23)cc1. The first kappa shape index (κ1) is 14.5. The van der Waals surface area contributed by atoms with Gasteiger partial charge in [0.05, 0.1) is 17.3 Å². The van der Waals surface area contributed by atoms with Crippen molar-refractivity contribution in [2.75, 3.05) is 0 Å². The predicted octanol–water partition coefficient (Wildman–Crippen LogP) is 2.75. The molecule has 0 atom stereocenters. The van der Waals surface area contributed by atoms with Gasteiger partial charge in [0.25, 0.3) is 0 Å². The van der Waals surface area contributed by atoms with Crippen LogP contribution in [0, 0.1) is 11.3 Å². The quantitative estimate of drug-likeness (QED) is 0.751. The lowest BCUT2D eigenvalue weighted by molar-refractivity contribution is -0.118. The molecule has 0 saturated carbocycles. The Hall–Kier alpha value is -3.39. The second kappa shape index (κ2) is 6.16. The summed E-state index contributed by atoms with van der Waals surface area (Å²) in [6, 6.07) is 16.9. The zero-order valence-corrected chi connectivity index (χ0v) is 12.3. The molecular formula is C18H14N4O. The number of hydrogen-bond donors (Lipinski definition) is 1. The van der Waals surface area contributed by atoms with Crippen molar-refractivity contribution in [2.45, 2.75) is 6.54 Å². The Morgan fingerprint density at radius 1 is 1.22 bits per heavy atom. The van der Waals surface area contributed by atoms with Crippen molar-refractivity contribution < 1.29 is 4.79 Å². The van der Waals surface area contributed by atoms with Crippen LogP contribution in [0.5, 0.6) is 0 Å². The first-order valence-corrected chi connectivity index (χ1v) is 7.08.